The van der Waals surface area contributed by atoms with Gasteiger partial charge in [0.25, 0.3) is 5.91 Å². The van der Waals surface area contributed by atoms with Crippen LogP contribution in [0.15, 0.2) is 48.5 Å². The van der Waals surface area contributed by atoms with Crippen molar-refractivity contribution in [3.63, 3.8) is 0 Å². The molecule has 0 bridgehead atoms. The third-order valence-corrected chi connectivity index (χ3v) is 3.29. The Kier molecular flexibility index (Phi) is 5.06. The summed E-state index contributed by atoms with van der Waals surface area (Å²) in [6.07, 6.45) is 0.753. The van der Waals surface area contributed by atoms with Gasteiger partial charge in [-0.2, -0.15) is 0 Å². The molecule has 0 aliphatic heterocycles. The van der Waals surface area contributed by atoms with Crippen molar-refractivity contribution >= 4 is 5.91 Å². The molecule has 0 radical (unpaired) electrons. The number of carbonyl (C=O) groups excluding carboxylic acids is 1. The summed E-state index contributed by atoms with van der Waals surface area (Å²) in [6.45, 7) is 1.00. The Morgan fingerprint density at radius 1 is 1.14 bits per heavy atom. The number of carbonyl (C=O) groups is 1. The van der Waals surface area contributed by atoms with E-state index in [-0.39, 0.29) is 11.7 Å². The zero-order valence-electron chi connectivity index (χ0n) is 12.1. The zero-order chi connectivity index (χ0) is 15.2. The molecule has 110 valence electrons. The molecule has 2 aromatic carbocycles. The van der Waals surface area contributed by atoms with E-state index in [1.54, 1.807) is 30.1 Å². The van der Waals surface area contributed by atoms with Crippen molar-refractivity contribution in [2.45, 2.75) is 13.0 Å². The second kappa shape index (κ2) is 6.99. The van der Waals surface area contributed by atoms with E-state index in [9.17, 15) is 9.18 Å². The molecule has 3 nitrogen and oxygen atoms in total. The van der Waals surface area contributed by atoms with Crippen LogP contribution in [0.1, 0.15) is 21.5 Å². The van der Waals surface area contributed by atoms with Crippen LogP contribution in [0.3, 0.4) is 0 Å². The minimum absolute atomic E-state index is 0.0572. The van der Waals surface area contributed by atoms with Crippen LogP contribution in [-0.4, -0.2) is 24.4 Å². The van der Waals surface area contributed by atoms with Gasteiger partial charge in [0.2, 0.25) is 0 Å². The van der Waals surface area contributed by atoms with E-state index in [0.717, 1.165) is 17.5 Å². The molecule has 0 saturated carbocycles. The summed E-state index contributed by atoms with van der Waals surface area (Å²) in [5.74, 6) is -0.333. The number of amides is 1. The first-order valence-electron chi connectivity index (χ1n) is 6.89. The summed E-state index contributed by atoms with van der Waals surface area (Å²) in [4.78, 5) is 14.0. The Bertz CT molecular complexity index is 610. The Hall–Kier alpha value is -2.20. The molecule has 2 rings (SSSR count). The summed E-state index contributed by atoms with van der Waals surface area (Å²) in [5.41, 5.74) is 8.13. The highest BCUT2D eigenvalue weighted by Gasteiger charge is 2.12. The predicted octanol–water partition coefficient (Wildman–Crippen LogP) is 2.60. The number of rotatable bonds is 5. The fourth-order valence-electron chi connectivity index (χ4n) is 2.18. The van der Waals surface area contributed by atoms with Gasteiger partial charge < -0.3 is 10.6 Å². The topological polar surface area (TPSA) is 46.3 Å². The zero-order valence-corrected chi connectivity index (χ0v) is 12.1. The first kappa shape index (κ1) is 15.2. The van der Waals surface area contributed by atoms with Crippen LogP contribution in [0.5, 0.6) is 0 Å². The summed E-state index contributed by atoms with van der Waals surface area (Å²) in [6, 6.07) is 13.7. The average molecular weight is 286 g/mol. The van der Waals surface area contributed by atoms with E-state index >= 15 is 0 Å². The van der Waals surface area contributed by atoms with Crippen LogP contribution < -0.4 is 5.73 Å². The van der Waals surface area contributed by atoms with Gasteiger partial charge in [-0.25, -0.2) is 4.39 Å². The lowest BCUT2D eigenvalue weighted by Crippen LogP contribution is -2.26. The summed E-state index contributed by atoms with van der Waals surface area (Å²) >= 11 is 0. The van der Waals surface area contributed by atoms with Crippen molar-refractivity contribution in [1.82, 2.24) is 4.90 Å². The molecule has 0 aliphatic carbocycles. The summed E-state index contributed by atoms with van der Waals surface area (Å²) in [7, 11) is 1.74. The Morgan fingerprint density at radius 2 is 1.86 bits per heavy atom. The van der Waals surface area contributed by atoms with E-state index < -0.39 is 0 Å². The van der Waals surface area contributed by atoms with Gasteiger partial charge in [-0.3, -0.25) is 4.79 Å². The molecule has 4 heteroatoms. The van der Waals surface area contributed by atoms with Crippen LogP contribution in [-0.2, 0) is 13.0 Å². The first-order chi connectivity index (χ1) is 10.1. The quantitative estimate of drug-likeness (QED) is 0.918. The molecule has 0 aliphatic rings. The molecule has 0 aromatic heterocycles. The Labute approximate surface area is 124 Å². The minimum Gasteiger partial charge on any atom is -0.337 e. The number of hydrogen-bond acceptors (Lipinski definition) is 2. The molecule has 1 amide bonds. The number of nitrogens with zero attached hydrogens (tertiary/aromatic N) is 1. The normalized spacial score (nSPS) is 10.4. The molecule has 2 aromatic rings. The lowest BCUT2D eigenvalue weighted by molar-refractivity contribution is 0.0785. The molecular weight excluding hydrogens is 267 g/mol. The predicted molar refractivity (Wildman–Crippen MR) is 81.4 cm³/mol. The highest BCUT2D eigenvalue weighted by molar-refractivity contribution is 5.94. The molecule has 21 heavy (non-hydrogen) atoms. The SMILES string of the molecule is CN(Cc1ccc(F)cc1)C(=O)c1cccc(CCN)c1. The van der Waals surface area contributed by atoms with Crippen molar-refractivity contribution in [3.8, 4) is 0 Å². The van der Waals surface area contributed by atoms with Gasteiger partial charge >= 0.3 is 0 Å². The lowest BCUT2D eigenvalue weighted by Gasteiger charge is -2.17. The fraction of sp³-hybridized carbons (Fsp3) is 0.235. The molecule has 0 heterocycles. The third kappa shape index (κ3) is 4.13. The van der Waals surface area contributed by atoms with Crippen LogP contribution in [0, 0.1) is 5.82 Å². The van der Waals surface area contributed by atoms with Crippen molar-refractivity contribution in [1.29, 1.82) is 0 Å². The van der Waals surface area contributed by atoms with Crippen LogP contribution in [0.25, 0.3) is 0 Å². The molecule has 0 fully saturated rings. The maximum atomic E-state index is 12.9. The second-order valence-corrected chi connectivity index (χ2v) is 5.03. The maximum Gasteiger partial charge on any atom is 0.253 e. The minimum atomic E-state index is -0.276. The lowest BCUT2D eigenvalue weighted by atomic mass is 10.1. The van der Waals surface area contributed by atoms with Gasteiger partial charge in [-0.1, -0.05) is 24.3 Å². The average Bonchev–Trinajstić information content (AvgIpc) is 2.49. The van der Waals surface area contributed by atoms with Gasteiger partial charge in [0.15, 0.2) is 0 Å². The first-order valence-corrected chi connectivity index (χ1v) is 6.89. The molecule has 0 atom stereocenters. The van der Waals surface area contributed by atoms with Crippen LogP contribution in [0.4, 0.5) is 4.39 Å². The van der Waals surface area contributed by atoms with Crippen molar-refractivity contribution in [2.75, 3.05) is 13.6 Å². The third-order valence-electron chi connectivity index (χ3n) is 3.29. The van der Waals surface area contributed by atoms with E-state index in [2.05, 4.69) is 0 Å². The fourth-order valence-corrected chi connectivity index (χ4v) is 2.18. The standard InChI is InChI=1S/C17H19FN2O/c1-20(12-14-5-7-16(18)8-6-14)17(21)15-4-2-3-13(11-15)9-10-19/h2-8,11H,9-10,12,19H2,1H3. The summed E-state index contributed by atoms with van der Waals surface area (Å²) < 4.78 is 12.9. The van der Waals surface area contributed by atoms with Gasteiger partial charge in [0.05, 0.1) is 0 Å². The second-order valence-electron chi connectivity index (χ2n) is 5.03. The molecule has 0 saturated heterocycles. The number of halogens is 1. The largest absolute Gasteiger partial charge is 0.337 e. The summed E-state index contributed by atoms with van der Waals surface area (Å²) in [5, 5.41) is 0. The van der Waals surface area contributed by atoms with Gasteiger partial charge in [0, 0.05) is 19.2 Å². The Balaban J connectivity index is 2.08. The molecule has 2 N–H and O–H groups in total. The van der Waals surface area contributed by atoms with Gasteiger partial charge in [-0.15, -0.1) is 0 Å². The van der Waals surface area contributed by atoms with Gasteiger partial charge in [-0.05, 0) is 48.4 Å². The van der Waals surface area contributed by atoms with E-state index in [1.165, 1.54) is 12.1 Å². The highest BCUT2D eigenvalue weighted by atomic mass is 19.1. The number of hydrogen-bond donors (Lipinski definition) is 1. The van der Waals surface area contributed by atoms with Crippen molar-refractivity contribution < 1.29 is 9.18 Å². The van der Waals surface area contributed by atoms with Crippen LogP contribution >= 0.6 is 0 Å². The van der Waals surface area contributed by atoms with E-state index in [0.29, 0.717) is 18.7 Å². The maximum absolute atomic E-state index is 12.9. The highest BCUT2D eigenvalue weighted by Crippen LogP contribution is 2.11. The van der Waals surface area contributed by atoms with E-state index in [4.69, 9.17) is 5.73 Å². The number of nitrogens with two attached hydrogens (primary N) is 1. The van der Waals surface area contributed by atoms with Gasteiger partial charge in [0.1, 0.15) is 5.82 Å². The van der Waals surface area contributed by atoms with Crippen molar-refractivity contribution in [3.05, 3.63) is 71.0 Å². The van der Waals surface area contributed by atoms with Crippen LogP contribution in [0.2, 0.25) is 0 Å². The van der Waals surface area contributed by atoms with Crippen molar-refractivity contribution in [2.24, 2.45) is 5.73 Å². The smallest absolute Gasteiger partial charge is 0.253 e. The Morgan fingerprint density at radius 3 is 2.52 bits per heavy atom. The molecular formula is C17H19FN2O. The number of benzene rings is 2. The molecule has 0 unspecified atom stereocenters. The monoisotopic (exact) mass is 286 g/mol. The molecule has 0 spiro atoms. The van der Waals surface area contributed by atoms with E-state index in [1.807, 2.05) is 18.2 Å².